The number of hydrogen-bond donors (Lipinski definition) is 0. The summed E-state index contributed by atoms with van der Waals surface area (Å²) in [6, 6.07) is 12.5. The molecule has 32 heavy (non-hydrogen) atoms. The third-order valence-corrected chi connectivity index (χ3v) is 6.28. The van der Waals surface area contributed by atoms with Gasteiger partial charge in [-0.15, -0.1) is 0 Å². The molecule has 0 bridgehead atoms. The van der Waals surface area contributed by atoms with Crippen molar-refractivity contribution in [1.82, 2.24) is 4.90 Å². The molecule has 1 aliphatic rings. The first-order valence-corrected chi connectivity index (χ1v) is 11.6. The van der Waals surface area contributed by atoms with Crippen LogP contribution >= 0.6 is 0 Å². The quantitative estimate of drug-likeness (QED) is 0.421. The van der Waals surface area contributed by atoms with Gasteiger partial charge in [-0.3, -0.25) is 4.79 Å². The number of amides is 1. The number of fused-ring (bicyclic) bond motifs is 1. The largest absolute Gasteiger partial charge is 0.493 e. The predicted molar refractivity (Wildman–Crippen MR) is 131 cm³/mol. The van der Waals surface area contributed by atoms with E-state index >= 15 is 0 Å². The molecule has 168 valence electrons. The van der Waals surface area contributed by atoms with Crippen LogP contribution in [0.5, 0.6) is 5.75 Å². The fourth-order valence-electron chi connectivity index (χ4n) is 4.79. The summed E-state index contributed by atoms with van der Waals surface area (Å²) >= 11 is 0. The van der Waals surface area contributed by atoms with Crippen molar-refractivity contribution in [3.8, 4) is 16.9 Å². The molecular weight excluding hydrogens is 398 g/mol. The van der Waals surface area contributed by atoms with Crippen molar-refractivity contribution in [2.75, 3.05) is 19.7 Å². The van der Waals surface area contributed by atoms with Gasteiger partial charge in [-0.2, -0.15) is 0 Å². The highest BCUT2D eigenvalue weighted by Gasteiger charge is 2.25. The zero-order valence-corrected chi connectivity index (χ0v) is 19.8. The lowest BCUT2D eigenvalue weighted by Crippen LogP contribution is -2.41. The number of rotatable bonds is 5. The van der Waals surface area contributed by atoms with Crippen molar-refractivity contribution < 1.29 is 13.9 Å². The molecule has 1 fully saturated rings. The van der Waals surface area contributed by atoms with Crippen molar-refractivity contribution in [2.45, 2.75) is 41.0 Å². The van der Waals surface area contributed by atoms with E-state index in [1.807, 2.05) is 24.8 Å². The molecule has 1 aliphatic heterocycles. The molecule has 1 saturated heterocycles. The van der Waals surface area contributed by atoms with Gasteiger partial charge in [0.25, 0.3) is 0 Å². The van der Waals surface area contributed by atoms with Crippen LogP contribution in [-0.2, 0) is 4.79 Å². The number of allylic oxidation sites excluding steroid dienone is 1. The third-order valence-electron chi connectivity index (χ3n) is 6.28. The van der Waals surface area contributed by atoms with E-state index in [1.165, 1.54) is 12.0 Å². The first kappa shape index (κ1) is 22.2. The third kappa shape index (κ3) is 4.59. The Morgan fingerprint density at radius 2 is 1.84 bits per heavy atom. The molecule has 1 amide bonds. The Labute approximate surface area is 190 Å². The van der Waals surface area contributed by atoms with Gasteiger partial charge in [-0.05, 0) is 56.2 Å². The minimum absolute atomic E-state index is 0.0781. The second-order valence-electron chi connectivity index (χ2n) is 9.31. The number of carbonyl (C=O) groups is 1. The zero-order valence-electron chi connectivity index (χ0n) is 19.8. The molecule has 2 aromatic carbocycles. The Kier molecular flexibility index (Phi) is 6.40. The summed E-state index contributed by atoms with van der Waals surface area (Å²) in [5.41, 5.74) is 5.99. The van der Waals surface area contributed by atoms with Gasteiger partial charge in [0.2, 0.25) is 5.91 Å². The number of nitrogens with zero attached hydrogens (tertiary/aromatic N) is 1. The SMILES string of the molecule is CCOc1cc2occ(-c3ccc(C)cc3)c2cc1/C(C)=C/C(=O)N1CC(C)CC(C)C1. The van der Waals surface area contributed by atoms with Gasteiger partial charge < -0.3 is 14.1 Å². The number of aryl methyl sites for hydroxylation is 1. The van der Waals surface area contributed by atoms with Crippen LogP contribution in [0.25, 0.3) is 27.7 Å². The number of furan rings is 1. The number of likely N-dealkylation sites (tertiary alicyclic amines) is 1. The molecule has 0 radical (unpaired) electrons. The fourth-order valence-corrected chi connectivity index (χ4v) is 4.79. The van der Waals surface area contributed by atoms with Gasteiger partial charge in [0.15, 0.2) is 0 Å². The van der Waals surface area contributed by atoms with Crippen LogP contribution in [0.3, 0.4) is 0 Å². The molecule has 4 nitrogen and oxygen atoms in total. The maximum atomic E-state index is 13.1. The maximum Gasteiger partial charge on any atom is 0.246 e. The van der Waals surface area contributed by atoms with Crippen LogP contribution in [0.2, 0.25) is 0 Å². The minimum atomic E-state index is 0.0781. The molecule has 1 aromatic heterocycles. The molecule has 2 heterocycles. The standard InChI is InChI=1S/C28H33NO3/c1-6-31-26-14-27-24(25(17-32-27)22-9-7-18(2)8-10-22)13-23(26)21(5)12-28(30)29-15-19(3)11-20(4)16-29/h7-10,12-14,17,19-20H,6,11,15-16H2,1-5H3/b21-12+. The molecule has 4 rings (SSSR count). The van der Waals surface area contributed by atoms with Gasteiger partial charge in [-0.25, -0.2) is 0 Å². The van der Waals surface area contributed by atoms with Crippen LogP contribution in [0.4, 0.5) is 0 Å². The van der Waals surface area contributed by atoms with Crippen molar-refractivity contribution >= 4 is 22.4 Å². The average Bonchev–Trinajstić information content (AvgIpc) is 3.16. The second-order valence-corrected chi connectivity index (χ2v) is 9.31. The lowest BCUT2D eigenvalue weighted by Gasteiger charge is -2.34. The summed E-state index contributed by atoms with van der Waals surface area (Å²) in [5, 5.41) is 1.02. The van der Waals surface area contributed by atoms with Crippen LogP contribution in [0.1, 0.15) is 45.2 Å². The highest BCUT2D eigenvalue weighted by atomic mass is 16.5. The zero-order chi connectivity index (χ0) is 22.8. The highest BCUT2D eigenvalue weighted by molar-refractivity contribution is 6.00. The van der Waals surface area contributed by atoms with Crippen molar-refractivity contribution in [3.05, 3.63) is 59.9 Å². The van der Waals surface area contributed by atoms with Crippen LogP contribution in [-0.4, -0.2) is 30.5 Å². The van der Waals surface area contributed by atoms with Gasteiger partial charge >= 0.3 is 0 Å². The molecule has 3 aromatic rings. The fraction of sp³-hybridized carbons (Fsp3) is 0.393. The van der Waals surface area contributed by atoms with Gasteiger partial charge in [0, 0.05) is 41.7 Å². The molecule has 0 aliphatic carbocycles. The summed E-state index contributed by atoms with van der Waals surface area (Å²) < 4.78 is 11.8. The van der Waals surface area contributed by atoms with E-state index in [9.17, 15) is 4.79 Å². The smallest absolute Gasteiger partial charge is 0.246 e. The first-order valence-electron chi connectivity index (χ1n) is 11.6. The summed E-state index contributed by atoms with van der Waals surface area (Å²) in [7, 11) is 0. The second kappa shape index (κ2) is 9.23. The average molecular weight is 432 g/mol. The molecule has 2 unspecified atom stereocenters. The van der Waals surface area contributed by atoms with E-state index in [0.29, 0.717) is 18.4 Å². The monoisotopic (exact) mass is 431 g/mol. The number of carbonyl (C=O) groups excluding carboxylic acids is 1. The first-order chi connectivity index (χ1) is 15.4. The molecule has 4 heteroatoms. The van der Waals surface area contributed by atoms with E-state index in [1.54, 1.807) is 12.3 Å². The Morgan fingerprint density at radius 1 is 1.16 bits per heavy atom. The molecule has 2 atom stereocenters. The number of benzene rings is 2. The van der Waals surface area contributed by atoms with Gasteiger partial charge in [0.05, 0.1) is 12.9 Å². The number of piperidine rings is 1. The minimum Gasteiger partial charge on any atom is -0.493 e. The van der Waals surface area contributed by atoms with E-state index in [2.05, 4.69) is 51.1 Å². The molecule has 0 N–H and O–H groups in total. The Morgan fingerprint density at radius 3 is 2.50 bits per heavy atom. The van der Waals surface area contributed by atoms with Gasteiger partial charge in [0.1, 0.15) is 11.3 Å². The number of hydrogen-bond acceptors (Lipinski definition) is 3. The maximum absolute atomic E-state index is 13.1. The van der Waals surface area contributed by atoms with Crippen LogP contribution in [0, 0.1) is 18.8 Å². The summed E-state index contributed by atoms with van der Waals surface area (Å²) in [6.07, 6.45) is 4.75. The van der Waals surface area contributed by atoms with Gasteiger partial charge in [-0.1, -0.05) is 43.7 Å². The van der Waals surface area contributed by atoms with Crippen molar-refractivity contribution in [3.63, 3.8) is 0 Å². The van der Waals surface area contributed by atoms with E-state index < -0.39 is 0 Å². The molecule has 0 spiro atoms. The van der Waals surface area contributed by atoms with E-state index in [0.717, 1.165) is 52.1 Å². The number of ether oxygens (including phenoxy) is 1. The highest BCUT2D eigenvalue weighted by Crippen LogP contribution is 2.37. The predicted octanol–water partition coefficient (Wildman–Crippen LogP) is 6.71. The van der Waals surface area contributed by atoms with E-state index in [-0.39, 0.29) is 5.91 Å². The Bertz CT molecular complexity index is 1130. The molecular formula is C28H33NO3. The lowest BCUT2D eigenvalue weighted by atomic mass is 9.91. The Balaban J connectivity index is 1.73. The summed E-state index contributed by atoms with van der Waals surface area (Å²) in [6.45, 7) is 12.7. The van der Waals surface area contributed by atoms with E-state index in [4.69, 9.17) is 9.15 Å². The normalized spacial score (nSPS) is 19.4. The van der Waals surface area contributed by atoms with Crippen LogP contribution in [0.15, 0.2) is 53.2 Å². The topological polar surface area (TPSA) is 42.7 Å². The summed E-state index contributed by atoms with van der Waals surface area (Å²) in [4.78, 5) is 15.0. The van der Waals surface area contributed by atoms with Crippen molar-refractivity contribution in [2.24, 2.45) is 11.8 Å². The summed E-state index contributed by atoms with van der Waals surface area (Å²) in [5.74, 6) is 1.89. The Hall–Kier alpha value is -3.01. The molecule has 0 saturated carbocycles. The lowest BCUT2D eigenvalue weighted by molar-refractivity contribution is -0.128. The van der Waals surface area contributed by atoms with Crippen LogP contribution < -0.4 is 4.74 Å². The van der Waals surface area contributed by atoms with Crippen molar-refractivity contribution in [1.29, 1.82) is 0 Å².